The van der Waals surface area contributed by atoms with E-state index in [0.29, 0.717) is 43.5 Å². The van der Waals surface area contributed by atoms with E-state index in [-0.39, 0.29) is 31.6 Å². The lowest BCUT2D eigenvalue weighted by molar-refractivity contribution is -0.151. The van der Waals surface area contributed by atoms with Gasteiger partial charge >= 0.3 is 5.97 Å². The molecule has 5 amide bonds. The molecule has 7 atom stereocenters. The first-order valence-corrected chi connectivity index (χ1v) is 20.8. The second-order valence-electron chi connectivity index (χ2n) is 15.6. The number of amides is 5. The third kappa shape index (κ3) is 12.9. The maximum absolute atomic E-state index is 14.5. The van der Waals surface area contributed by atoms with Gasteiger partial charge in [0, 0.05) is 43.4 Å². The van der Waals surface area contributed by atoms with Crippen LogP contribution in [0.15, 0.2) is 91.1 Å². The van der Waals surface area contributed by atoms with Crippen molar-refractivity contribution < 1.29 is 39.0 Å². The van der Waals surface area contributed by atoms with Gasteiger partial charge in [0.2, 0.25) is 29.5 Å². The summed E-state index contributed by atoms with van der Waals surface area (Å²) in [6.45, 7) is 2.29. The molecule has 3 aromatic carbocycles. The van der Waals surface area contributed by atoms with E-state index in [1.54, 1.807) is 36.5 Å². The Kier molecular flexibility index (Phi) is 16.9. The van der Waals surface area contributed by atoms with E-state index in [1.807, 2.05) is 54.6 Å². The molecule has 61 heavy (non-hydrogen) atoms. The third-order valence-electron chi connectivity index (χ3n) is 11.0. The molecule has 5 rings (SSSR count). The van der Waals surface area contributed by atoms with Crippen LogP contribution in [0.1, 0.15) is 55.7 Å². The Bertz CT molecular complexity index is 2090. The van der Waals surface area contributed by atoms with Crippen molar-refractivity contribution in [1.29, 1.82) is 0 Å². The number of aliphatic carboxylic acids is 1. The number of aliphatic hydroxyl groups excluding tert-OH is 1. The Morgan fingerprint density at radius 2 is 1.36 bits per heavy atom. The second kappa shape index (κ2) is 22.5. The fourth-order valence-corrected chi connectivity index (χ4v) is 7.52. The number of fused-ring (bicyclic) bond motifs is 1. The standard InChI is InChI=1S/C45H58N8O8/c1-28(54)39(44(59)53(2)38(45(60)61)25-30-16-7-4-8-17-30)52-41(56)35(20-11-12-22-46)49-43(58)37(26-31-27-48-33-19-10-9-18-32(31)33)51-42(57)36(24-29-14-5-3-6-15-29)50-40(55)34-21-13-23-47-34/h3-10,14-19,27-28,34-39,47-48,54H,11-13,20-26,46H2,1-2H3,(H,49,58)(H,50,55)(H,51,57)(H,52,56)(H,60,61)/t28-,34+,35+,36+,37-,38+,39+/m1/s1. The summed E-state index contributed by atoms with van der Waals surface area (Å²) in [5, 5.41) is 35.9. The number of hydrogen-bond acceptors (Lipinski definition) is 9. The number of nitrogens with zero attached hydrogens (tertiary/aromatic N) is 1. The molecule has 4 aromatic rings. The van der Waals surface area contributed by atoms with E-state index in [9.17, 15) is 39.0 Å². The van der Waals surface area contributed by atoms with Crippen molar-refractivity contribution in [3.8, 4) is 0 Å². The first-order chi connectivity index (χ1) is 29.4. The van der Waals surface area contributed by atoms with Gasteiger partial charge in [-0.15, -0.1) is 0 Å². The quantitative estimate of drug-likeness (QED) is 0.0514. The minimum absolute atomic E-state index is 0.00643. The number of hydrogen-bond donors (Lipinski definition) is 9. The molecule has 1 aromatic heterocycles. The number of carbonyl (C=O) groups excluding carboxylic acids is 5. The number of aliphatic hydroxyl groups is 1. The van der Waals surface area contributed by atoms with Crippen LogP contribution in [0.4, 0.5) is 0 Å². The maximum atomic E-state index is 14.5. The van der Waals surface area contributed by atoms with Crippen molar-refractivity contribution in [2.24, 2.45) is 5.73 Å². The van der Waals surface area contributed by atoms with Gasteiger partial charge in [0.05, 0.1) is 12.1 Å². The molecule has 0 unspecified atom stereocenters. The molecule has 326 valence electrons. The zero-order valence-corrected chi connectivity index (χ0v) is 34.6. The first kappa shape index (κ1) is 46.0. The smallest absolute Gasteiger partial charge is 0.326 e. The van der Waals surface area contributed by atoms with Gasteiger partial charge in [-0.2, -0.15) is 0 Å². The van der Waals surface area contributed by atoms with E-state index >= 15 is 0 Å². The summed E-state index contributed by atoms with van der Waals surface area (Å²) >= 11 is 0. The fourth-order valence-electron chi connectivity index (χ4n) is 7.52. The lowest BCUT2D eigenvalue weighted by atomic mass is 10.0. The molecule has 1 fully saturated rings. The van der Waals surface area contributed by atoms with E-state index in [4.69, 9.17) is 5.73 Å². The van der Waals surface area contributed by atoms with Gasteiger partial charge in [-0.1, -0.05) is 78.9 Å². The molecule has 0 spiro atoms. The number of likely N-dealkylation sites (N-methyl/N-ethyl adjacent to an activating group) is 1. The number of nitrogens with one attached hydrogen (secondary N) is 6. The summed E-state index contributed by atoms with van der Waals surface area (Å²) in [6.07, 6.45) is 2.87. The highest BCUT2D eigenvalue weighted by molar-refractivity contribution is 5.97. The molecular formula is C45H58N8O8. The maximum Gasteiger partial charge on any atom is 0.326 e. The van der Waals surface area contributed by atoms with E-state index in [2.05, 4.69) is 31.6 Å². The molecule has 10 N–H and O–H groups in total. The monoisotopic (exact) mass is 838 g/mol. The van der Waals surface area contributed by atoms with Crippen LogP contribution in [0, 0.1) is 0 Å². The molecule has 2 heterocycles. The molecule has 16 nitrogen and oxygen atoms in total. The normalized spacial score (nSPS) is 16.6. The summed E-state index contributed by atoms with van der Waals surface area (Å²) in [4.78, 5) is 86.5. The van der Waals surface area contributed by atoms with Crippen molar-refractivity contribution in [1.82, 2.24) is 36.5 Å². The van der Waals surface area contributed by atoms with Crippen LogP contribution in [-0.4, -0.2) is 118 Å². The largest absolute Gasteiger partial charge is 0.480 e. The zero-order chi connectivity index (χ0) is 43.9. The summed E-state index contributed by atoms with van der Waals surface area (Å²) in [6, 6.07) is 18.5. The van der Waals surface area contributed by atoms with Crippen molar-refractivity contribution in [3.63, 3.8) is 0 Å². The Hall–Kier alpha value is -6.10. The highest BCUT2D eigenvalue weighted by Crippen LogP contribution is 2.20. The fraction of sp³-hybridized carbons (Fsp3) is 0.422. The van der Waals surface area contributed by atoms with Gasteiger partial charge in [0.15, 0.2) is 0 Å². The van der Waals surface area contributed by atoms with Gasteiger partial charge < -0.3 is 52.4 Å². The van der Waals surface area contributed by atoms with Gasteiger partial charge in [0.25, 0.3) is 0 Å². The lowest BCUT2D eigenvalue weighted by Crippen LogP contribution is -2.61. The highest BCUT2D eigenvalue weighted by Gasteiger charge is 2.37. The third-order valence-corrected chi connectivity index (χ3v) is 11.0. The molecule has 16 heteroatoms. The summed E-state index contributed by atoms with van der Waals surface area (Å²) in [5.41, 5.74) is 8.76. The Morgan fingerprint density at radius 1 is 0.770 bits per heavy atom. The first-order valence-electron chi connectivity index (χ1n) is 20.8. The lowest BCUT2D eigenvalue weighted by Gasteiger charge is -2.31. The number of carboxylic acids is 1. The molecular weight excluding hydrogens is 781 g/mol. The predicted molar refractivity (Wildman–Crippen MR) is 230 cm³/mol. The van der Waals surface area contributed by atoms with Crippen molar-refractivity contribution in [2.45, 2.75) is 101 Å². The average Bonchev–Trinajstić information content (AvgIpc) is 3.95. The Labute approximate surface area is 355 Å². The highest BCUT2D eigenvalue weighted by atomic mass is 16.4. The summed E-state index contributed by atoms with van der Waals surface area (Å²) < 4.78 is 0. The number of aromatic nitrogens is 1. The van der Waals surface area contributed by atoms with Crippen LogP contribution in [0.25, 0.3) is 10.9 Å². The van der Waals surface area contributed by atoms with Gasteiger partial charge in [-0.05, 0) is 74.9 Å². The predicted octanol–water partition coefficient (Wildman–Crippen LogP) is 1.31. The molecule has 1 saturated heterocycles. The molecule has 0 radical (unpaired) electrons. The van der Waals surface area contributed by atoms with Gasteiger partial charge in [0.1, 0.15) is 30.2 Å². The molecule has 1 aliphatic rings. The number of nitrogens with two attached hydrogens (primary N) is 1. The van der Waals surface area contributed by atoms with Crippen molar-refractivity contribution in [2.75, 3.05) is 20.1 Å². The van der Waals surface area contributed by atoms with E-state index in [0.717, 1.165) is 27.8 Å². The van der Waals surface area contributed by atoms with Crippen LogP contribution in [-0.2, 0) is 48.0 Å². The van der Waals surface area contributed by atoms with Gasteiger partial charge in [-0.3, -0.25) is 24.0 Å². The Balaban J connectivity index is 1.39. The topological polar surface area (TPSA) is 248 Å². The van der Waals surface area contributed by atoms with Gasteiger partial charge in [-0.25, -0.2) is 4.79 Å². The van der Waals surface area contributed by atoms with Crippen molar-refractivity contribution >= 4 is 46.4 Å². The number of carboxylic acid groups (broad SMARTS) is 1. The Morgan fingerprint density at radius 3 is 1.97 bits per heavy atom. The number of aromatic amines is 1. The zero-order valence-electron chi connectivity index (χ0n) is 34.6. The summed E-state index contributed by atoms with van der Waals surface area (Å²) in [7, 11) is 1.29. The SMILES string of the molecule is C[C@@H](O)[C@H](NC(=O)[C@H](CCCCN)NC(=O)[C@@H](Cc1c[nH]c2ccccc12)NC(=O)[C@H](Cc1ccccc1)NC(=O)[C@@H]1CCCN1)C(=O)N(C)[C@@H](Cc1ccccc1)C(=O)O. The number of carbonyl (C=O) groups is 6. The van der Waals surface area contributed by atoms with Crippen LogP contribution in [0.5, 0.6) is 0 Å². The van der Waals surface area contributed by atoms with Crippen LogP contribution in [0.2, 0.25) is 0 Å². The number of para-hydroxylation sites is 1. The number of unbranched alkanes of at least 4 members (excludes halogenated alkanes) is 1. The van der Waals surface area contributed by atoms with Crippen LogP contribution in [0.3, 0.4) is 0 Å². The summed E-state index contributed by atoms with van der Waals surface area (Å²) in [5.74, 6) is -4.56. The van der Waals surface area contributed by atoms with Crippen LogP contribution >= 0.6 is 0 Å². The minimum Gasteiger partial charge on any atom is -0.480 e. The minimum atomic E-state index is -1.57. The molecule has 1 aliphatic heterocycles. The van der Waals surface area contributed by atoms with E-state index in [1.165, 1.54) is 14.0 Å². The number of H-pyrrole nitrogens is 1. The number of rotatable bonds is 22. The number of benzene rings is 3. The molecule has 0 saturated carbocycles. The van der Waals surface area contributed by atoms with Crippen molar-refractivity contribution in [3.05, 3.63) is 108 Å². The molecule has 0 aliphatic carbocycles. The van der Waals surface area contributed by atoms with Crippen LogP contribution < -0.4 is 32.3 Å². The van der Waals surface area contributed by atoms with E-state index < -0.39 is 72.0 Å². The molecule has 0 bridgehead atoms. The average molecular weight is 839 g/mol. The second-order valence-corrected chi connectivity index (χ2v) is 15.6.